The van der Waals surface area contributed by atoms with Crippen LogP contribution >= 0.6 is 23.1 Å². The Hall–Kier alpha value is -1.48. The second kappa shape index (κ2) is 9.73. The van der Waals surface area contributed by atoms with Crippen LogP contribution in [0.5, 0.6) is 0 Å². The van der Waals surface area contributed by atoms with Crippen LogP contribution in [0.4, 0.5) is 18.3 Å². The fourth-order valence-electron chi connectivity index (χ4n) is 1.52. The molecule has 0 radical (unpaired) electrons. The van der Waals surface area contributed by atoms with Crippen LogP contribution in [0.3, 0.4) is 0 Å². The highest BCUT2D eigenvalue weighted by atomic mass is 32.2. The number of alkyl halides is 3. The lowest BCUT2D eigenvalue weighted by Crippen LogP contribution is -2.16. The number of nitrogens with one attached hydrogen (secondary N) is 1. The first-order valence-electron chi connectivity index (χ1n) is 7.19. The molecule has 134 valence electrons. The van der Waals surface area contributed by atoms with E-state index in [0.29, 0.717) is 11.5 Å². The Morgan fingerprint density at radius 2 is 2.25 bits per heavy atom. The highest BCUT2D eigenvalue weighted by molar-refractivity contribution is 8.01. The molecule has 1 aromatic heterocycles. The zero-order valence-corrected chi connectivity index (χ0v) is 15.0. The molecule has 0 spiro atoms. The first-order chi connectivity index (χ1) is 11.2. The summed E-state index contributed by atoms with van der Waals surface area (Å²) in [4.78, 5) is 15.4. The normalized spacial score (nSPS) is 12.1. The molecule has 1 rings (SSSR count). The average Bonchev–Trinajstić information content (AvgIpc) is 2.95. The maximum atomic E-state index is 12.1. The third-order valence-corrected chi connectivity index (χ3v) is 4.85. The number of hydrogen-bond donors (Lipinski definition) is 1. The van der Waals surface area contributed by atoms with Gasteiger partial charge < -0.3 is 10.1 Å². The summed E-state index contributed by atoms with van der Waals surface area (Å²) >= 11 is 2.62. The predicted octanol–water partition coefficient (Wildman–Crippen LogP) is 5.36. The van der Waals surface area contributed by atoms with Crippen LogP contribution in [0, 0.1) is 0 Å². The molecule has 9 heteroatoms. The summed E-state index contributed by atoms with van der Waals surface area (Å²) in [5.41, 5.74) is 0. The Morgan fingerprint density at radius 3 is 2.83 bits per heavy atom. The summed E-state index contributed by atoms with van der Waals surface area (Å²) in [6.45, 7) is 7.70. The molecule has 0 unspecified atom stereocenters. The van der Waals surface area contributed by atoms with E-state index in [1.165, 1.54) is 23.1 Å². The Bertz CT molecular complexity index is 598. The Kier molecular flexibility index (Phi) is 8.34. The first-order valence-corrected chi connectivity index (χ1v) is 8.99. The van der Waals surface area contributed by atoms with Crippen molar-refractivity contribution < 1.29 is 22.7 Å². The summed E-state index contributed by atoms with van der Waals surface area (Å²) in [5.74, 6) is 1.24. The van der Waals surface area contributed by atoms with Gasteiger partial charge in [-0.2, -0.15) is 13.2 Å². The molecule has 0 aliphatic heterocycles. The number of thioether (sulfide) groups is 1. The van der Waals surface area contributed by atoms with Crippen LogP contribution in [0.15, 0.2) is 34.6 Å². The monoisotopic (exact) mass is 380 g/mol. The Balaban J connectivity index is 2.40. The molecule has 4 nitrogen and oxygen atoms in total. The number of halogens is 3. The first kappa shape index (κ1) is 20.6. The van der Waals surface area contributed by atoms with Crippen LogP contribution in [0.1, 0.15) is 33.1 Å². The van der Waals surface area contributed by atoms with Crippen LogP contribution in [0.25, 0.3) is 0 Å². The molecule has 0 atom stereocenters. The standard InChI is InChI=1S/C15H19F3N2O2S2/c1-4-11(5-2)22-10(3)9-23-13-8-19-14(24-13)20-12(21)6-7-15(16,17)18/h4,8H,3,5-7,9H2,1-2H3,(H,19,20,21)/b11-4-. The van der Waals surface area contributed by atoms with E-state index in [2.05, 4.69) is 16.9 Å². The number of rotatable bonds is 9. The van der Waals surface area contributed by atoms with Gasteiger partial charge in [-0.1, -0.05) is 24.8 Å². The number of carbonyl (C=O) groups is 1. The van der Waals surface area contributed by atoms with Gasteiger partial charge in [-0.3, -0.25) is 4.79 Å². The van der Waals surface area contributed by atoms with Crippen molar-refractivity contribution in [1.82, 2.24) is 4.98 Å². The van der Waals surface area contributed by atoms with Gasteiger partial charge in [0.25, 0.3) is 0 Å². The fourth-order valence-corrected chi connectivity index (χ4v) is 3.23. The fraction of sp³-hybridized carbons (Fsp3) is 0.467. The summed E-state index contributed by atoms with van der Waals surface area (Å²) in [6, 6.07) is 0. The average molecular weight is 380 g/mol. The number of amides is 1. The lowest BCUT2D eigenvalue weighted by molar-refractivity contribution is -0.142. The molecule has 0 saturated carbocycles. The molecule has 24 heavy (non-hydrogen) atoms. The summed E-state index contributed by atoms with van der Waals surface area (Å²) in [5, 5.41) is 2.64. The van der Waals surface area contributed by atoms with Crippen LogP contribution < -0.4 is 5.32 Å². The molecule has 0 aliphatic carbocycles. The minimum atomic E-state index is -4.34. The quantitative estimate of drug-likeness (QED) is 0.463. The maximum absolute atomic E-state index is 12.1. The molecule has 1 heterocycles. The van der Waals surface area contributed by atoms with Crippen LogP contribution in [-0.2, 0) is 9.53 Å². The summed E-state index contributed by atoms with van der Waals surface area (Å²) in [7, 11) is 0. The van der Waals surface area contributed by atoms with Crippen molar-refractivity contribution in [3.63, 3.8) is 0 Å². The zero-order valence-electron chi connectivity index (χ0n) is 13.4. The van der Waals surface area contributed by atoms with Crippen LogP contribution in [-0.4, -0.2) is 22.8 Å². The van der Waals surface area contributed by atoms with Gasteiger partial charge in [-0.15, -0.1) is 11.8 Å². The van der Waals surface area contributed by atoms with E-state index < -0.39 is 24.9 Å². The lowest BCUT2D eigenvalue weighted by Gasteiger charge is -2.09. The Labute approximate surface area is 147 Å². The van der Waals surface area contributed by atoms with Crippen molar-refractivity contribution in [2.45, 2.75) is 43.5 Å². The highest BCUT2D eigenvalue weighted by Gasteiger charge is 2.28. The predicted molar refractivity (Wildman–Crippen MR) is 91.0 cm³/mol. The number of ether oxygens (including phenoxy) is 1. The molecule has 1 amide bonds. The largest absolute Gasteiger partial charge is 0.466 e. The molecular weight excluding hydrogens is 361 g/mol. The van der Waals surface area contributed by atoms with Crippen LogP contribution in [0.2, 0.25) is 0 Å². The van der Waals surface area contributed by atoms with E-state index in [-0.39, 0.29) is 5.13 Å². The van der Waals surface area contributed by atoms with Gasteiger partial charge in [0.1, 0.15) is 5.76 Å². The lowest BCUT2D eigenvalue weighted by atomic mass is 10.3. The van der Waals surface area contributed by atoms with Gasteiger partial charge in [-0.05, 0) is 13.0 Å². The third kappa shape index (κ3) is 8.39. The van der Waals surface area contributed by atoms with E-state index in [9.17, 15) is 18.0 Å². The van der Waals surface area contributed by atoms with Crippen molar-refractivity contribution in [3.8, 4) is 0 Å². The van der Waals surface area contributed by atoms with Gasteiger partial charge in [0.2, 0.25) is 5.91 Å². The molecule has 0 bridgehead atoms. The van der Waals surface area contributed by atoms with Gasteiger partial charge in [-0.25, -0.2) is 4.98 Å². The zero-order chi connectivity index (χ0) is 18.2. The van der Waals surface area contributed by atoms with E-state index in [0.717, 1.165) is 16.4 Å². The van der Waals surface area contributed by atoms with Gasteiger partial charge in [0.05, 0.1) is 28.3 Å². The van der Waals surface area contributed by atoms with E-state index in [4.69, 9.17) is 4.74 Å². The van der Waals surface area contributed by atoms with E-state index in [1.807, 2.05) is 19.9 Å². The second-order valence-corrected chi connectivity index (χ2v) is 6.99. The number of hydrogen-bond acceptors (Lipinski definition) is 5. The number of thiazole rings is 1. The Morgan fingerprint density at radius 1 is 1.54 bits per heavy atom. The highest BCUT2D eigenvalue weighted by Crippen LogP contribution is 2.30. The van der Waals surface area contributed by atoms with Crippen molar-refractivity contribution in [2.24, 2.45) is 0 Å². The van der Waals surface area contributed by atoms with E-state index in [1.54, 1.807) is 6.20 Å². The minimum Gasteiger partial charge on any atom is -0.466 e. The van der Waals surface area contributed by atoms with Crippen molar-refractivity contribution in [2.75, 3.05) is 11.1 Å². The molecule has 0 saturated heterocycles. The van der Waals surface area contributed by atoms with Crippen molar-refractivity contribution >= 4 is 34.1 Å². The molecule has 0 fully saturated rings. The summed E-state index contributed by atoms with van der Waals surface area (Å²) in [6.07, 6.45) is -1.90. The maximum Gasteiger partial charge on any atom is 0.389 e. The second-order valence-electron chi connectivity index (χ2n) is 4.69. The topological polar surface area (TPSA) is 51.2 Å². The number of allylic oxidation sites excluding steroid dienone is 2. The third-order valence-electron chi connectivity index (χ3n) is 2.69. The number of anilines is 1. The minimum absolute atomic E-state index is 0.277. The number of nitrogens with zero attached hydrogens (tertiary/aromatic N) is 1. The van der Waals surface area contributed by atoms with Gasteiger partial charge in [0, 0.05) is 12.8 Å². The number of carbonyl (C=O) groups excluding carboxylic acids is 1. The molecular formula is C15H19F3N2O2S2. The number of aromatic nitrogens is 1. The van der Waals surface area contributed by atoms with Crippen molar-refractivity contribution in [3.05, 3.63) is 30.4 Å². The molecule has 0 aliphatic rings. The van der Waals surface area contributed by atoms with E-state index >= 15 is 0 Å². The SMILES string of the molecule is C=C(CSc1cnc(NC(=O)CCC(F)(F)F)s1)O/C(=C\C)CC. The molecule has 0 aromatic carbocycles. The van der Waals surface area contributed by atoms with Gasteiger partial charge >= 0.3 is 6.18 Å². The van der Waals surface area contributed by atoms with Crippen molar-refractivity contribution in [1.29, 1.82) is 0 Å². The molecule has 1 N–H and O–H groups in total. The molecule has 1 aromatic rings. The smallest absolute Gasteiger partial charge is 0.389 e. The van der Waals surface area contributed by atoms with Gasteiger partial charge in [0.15, 0.2) is 5.13 Å². The summed E-state index contributed by atoms with van der Waals surface area (Å²) < 4.78 is 42.5.